The van der Waals surface area contributed by atoms with E-state index in [9.17, 15) is 4.39 Å². The van der Waals surface area contributed by atoms with Crippen molar-refractivity contribution in [1.29, 1.82) is 0 Å². The van der Waals surface area contributed by atoms with Crippen LogP contribution in [0.3, 0.4) is 0 Å². The number of hydrogen-bond donors (Lipinski definition) is 1. The number of nitrogens with zero attached hydrogens (tertiary/aromatic N) is 1. The van der Waals surface area contributed by atoms with E-state index in [1.54, 1.807) is 6.07 Å². The third-order valence-corrected chi connectivity index (χ3v) is 3.92. The van der Waals surface area contributed by atoms with E-state index in [1.165, 1.54) is 6.42 Å². The summed E-state index contributed by atoms with van der Waals surface area (Å²) >= 11 is 0. The molecule has 2 N–H and O–H groups in total. The van der Waals surface area contributed by atoms with Gasteiger partial charge in [0.15, 0.2) is 5.82 Å². The average Bonchev–Trinajstić information content (AvgIpc) is 2.30. The van der Waals surface area contributed by atoms with Crippen molar-refractivity contribution in [2.24, 2.45) is 11.8 Å². The maximum absolute atomic E-state index is 13.8. The van der Waals surface area contributed by atoms with Gasteiger partial charge in [-0.1, -0.05) is 26.0 Å². The fourth-order valence-electron chi connectivity index (χ4n) is 2.46. The van der Waals surface area contributed by atoms with Crippen LogP contribution in [0.25, 0.3) is 0 Å². The summed E-state index contributed by atoms with van der Waals surface area (Å²) in [6.45, 7) is 7.35. The smallest absolute Gasteiger partial charge is 0.150 e. The summed E-state index contributed by atoms with van der Waals surface area (Å²) in [7, 11) is 0. The molecule has 2 atom stereocenters. The van der Waals surface area contributed by atoms with Gasteiger partial charge in [0.1, 0.15) is 0 Å². The Morgan fingerprint density at radius 2 is 2.12 bits per heavy atom. The summed E-state index contributed by atoms with van der Waals surface area (Å²) in [5.74, 6) is 1.21. The third kappa shape index (κ3) is 2.78. The van der Waals surface area contributed by atoms with E-state index >= 15 is 0 Å². The fraction of sp³-hybridized carbons (Fsp3) is 0.571. The Morgan fingerprint density at radius 1 is 1.35 bits per heavy atom. The van der Waals surface area contributed by atoms with Gasteiger partial charge < -0.3 is 5.73 Å². The predicted molar refractivity (Wildman–Crippen MR) is 69.0 cm³/mol. The Hall–Kier alpha value is -1.09. The quantitative estimate of drug-likeness (QED) is 0.800. The maximum atomic E-state index is 13.8. The molecule has 17 heavy (non-hydrogen) atoms. The largest absolute Gasteiger partial charge is 0.396 e. The van der Waals surface area contributed by atoms with Crippen LogP contribution in [-0.4, -0.2) is 18.0 Å². The van der Waals surface area contributed by atoms with E-state index in [0.29, 0.717) is 18.0 Å². The van der Waals surface area contributed by atoms with Crippen LogP contribution in [0.1, 0.15) is 25.8 Å². The number of nitrogen functional groups attached to an aromatic ring is 1. The molecule has 2 unspecified atom stereocenters. The Bertz CT molecular complexity index is 392. The summed E-state index contributed by atoms with van der Waals surface area (Å²) in [5.41, 5.74) is 6.55. The molecule has 1 heterocycles. The Labute approximate surface area is 103 Å². The highest BCUT2D eigenvalue weighted by atomic mass is 19.1. The molecule has 2 rings (SSSR count). The first-order chi connectivity index (χ1) is 8.08. The summed E-state index contributed by atoms with van der Waals surface area (Å²) in [6, 6.07) is 5.26. The van der Waals surface area contributed by atoms with Crippen LogP contribution in [-0.2, 0) is 6.54 Å². The van der Waals surface area contributed by atoms with E-state index in [-0.39, 0.29) is 11.5 Å². The highest BCUT2D eigenvalue weighted by Gasteiger charge is 2.23. The van der Waals surface area contributed by atoms with Crippen molar-refractivity contribution in [3.05, 3.63) is 29.6 Å². The highest BCUT2D eigenvalue weighted by molar-refractivity contribution is 5.42. The van der Waals surface area contributed by atoms with Crippen molar-refractivity contribution in [2.45, 2.75) is 26.8 Å². The molecule has 1 fully saturated rings. The lowest BCUT2D eigenvalue weighted by molar-refractivity contribution is 0.131. The molecular weight excluding hydrogens is 215 g/mol. The average molecular weight is 236 g/mol. The molecule has 0 bridgehead atoms. The molecule has 0 amide bonds. The molecule has 1 aliphatic heterocycles. The highest BCUT2D eigenvalue weighted by Crippen LogP contribution is 2.25. The van der Waals surface area contributed by atoms with Crippen molar-refractivity contribution in [3.63, 3.8) is 0 Å². The number of nitrogens with two attached hydrogens (primary N) is 1. The molecule has 0 saturated carbocycles. The second kappa shape index (κ2) is 5.05. The maximum Gasteiger partial charge on any atom is 0.150 e. The molecule has 0 aromatic heterocycles. The number of halogens is 1. The van der Waals surface area contributed by atoms with Crippen LogP contribution in [0.15, 0.2) is 18.2 Å². The van der Waals surface area contributed by atoms with Gasteiger partial charge in [-0.2, -0.15) is 0 Å². The molecule has 0 aliphatic carbocycles. The third-order valence-electron chi connectivity index (χ3n) is 3.92. The van der Waals surface area contributed by atoms with Gasteiger partial charge in [0.05, 0.1) is 5.69 Å². The summed E-state index contributed by atoms with van der Waals surface area (Å²) < 4.78 is 13.8. The zero-order valence-electron chi connectivity index (χ0n) is 10.6. The first-order valence-corrected chi connectivity index (χ1v) is 6.33. The molecule has 1 aromatic rings. The molecular formula is C14H21FN2. The van der Waals surface area contributed by atoms with Crippen molar-refractivity contribution >= 4 is 5.69 Å². The lowest BCUT2D eigenvalue weighted by Gasteiger charge is -2.35. The van der Waals surface area contributed by atoms with E-state index in [0.717, 1.165) is 19.0 Å². The van der Waals surface area contributed by atoms with E-state index in [4.69, 9.17) is 5.73 Å². The second-order valence-corrected chi connectivity index (χ2v) is 5.30. The normalized spacial score (nSPS) is 26.1. The molecule has 0 radical (unpaired) electrons. The van der Waals surface area contributed by atoms with Crippen LogP contribution in [0.2, 0.25) is 0 Å². The number of piperidine rings is 1. The van der Waals surface area contributed by atoms with E-state index in [1.807, 2.05) is 12.1 Å². The van der Waals surface area contributed by atoms with Crippen LogP contribution < -0.4 is 5.73 Å². The number of rotatable bonds is 2. The van der Waals surface area contributed by atoms with Crippen molar-refractivity contribution < 1.29 is 4.39 Å². The number of likely N-dealkylation sites (tertiary alicyclic amines) is 1. The Morgan fingerprint density at radius 3 is 2.82 bits per heavy atom. The first kappa shape index (κ1) is 12.4. The van der Waals surface area contributed by atoms with Crippen molar-refractivity contribution in [1.82, 2.24) is 4.90 Å². The zero-order valence-corrected chi connectivity index (χ0v) is 10.6. The lowest BCUT2D eigenvalue weighted by atomic mass is 9.88. The van der Waals surface area contributed by atoms with Crippen LogP contribution >= 0.6 is 0 Å². The van der Waals surface area contributed by atoms with Gasteiger partial charge in [0.2, 0.25) is 0 Å². The fourth-order valence-corrected chi connectivity index (χ4v) is 2.46. The van der Waals surface area contributed by atoms with Gasteiger partial charge in [0, 0.05) is 18.7 Å². The Balaban J connectivity index is 2.04. The standard InChI is InChI=1S/C14H21FN2/c1-10-6-7-17(8-11(10)2)9-12-4-3-5-13(16)14(12)15/h3-5,10-11H,6-9,16H2,1-2H3. The van der Waals surface area contributed by atoms with Gasteiger partial charge in [-0.15, -0.1) is 0 Å². The monoisotopic (exact) mass is 236 g/mol. The van der Waals surface area contributed by atoms with E-state index in [2.05, 4.69) is 18.7 Å². The van der Waals surface area contributed by atoms with Crippen LogP contribution in [0.5, 0.6) is 0 Å². The predicted octanol–water partition coefficient (Wildman–Crippen LogP) is 2.89. The number of hydrogen-bond acceptors (Lipinski definition) is 2. The van der Waals surface area contributed by atoms with E-state index < -0.39 is 0 Å². The molecule has 0 spiro atoms. The molecule has 1 saturated heterocycles. The molecule has 1 aliphatic rings. The zero-order chi connectivity index (χ0) is 12.4. The minimum Gasteiger partial charge on any atom is -0.396 e. The van der Waals surface area contributed by atoms with Gasteiger partial charge in [-0.3, -0.25) is 4.90 Å². The van der Waals surface area contributed by atoms with Crippen molar-refractivity contribution in [2.75, 3.05) is 18.8 Å². The molecule has 3 heteroatoms. The molecule has 94 valence electrons. The minimum atomic E-state index is -0.251. The van der Waals surface area contributed by atoms with Crippen molar-refractivity contribution in [3.8, 4) is 0 Å². The van der Waals surface area contributed by atoms with Gasteiger partial charge in [0.25, 0.3) is 0 Å². The number of benzene rings is 1. The Kier molecular flexibility index (Phi) is 3.67. The number of anilines is 1. The topological polar surface area (TPSA) is 29.3 Å². The summed E-state index contributed by atoms with van der Waals surface area (Å²) in [6.07, 6.45) is 1.20. The van der Waals surface area contributed by atoms with Gasteiger partial charge in [-0.25, -0.2) is 4.39 Å². The molecule has 2 nitrogen and oxygen atoms in total. The first-order valence-electron chi connectivity index (χ1n) is 6.33. The van der Waals surface area contributed by atoms with Gasteiger partial charge in [-0.05, 0) is 30.9 Å². The second-order valence-electron chi connectivity index (χ2n) is 5.30. The SMILES string of the molecule is CC1CCN(Cc2cccc(N)c2F)CC1C. The summed E-state index contributed by atoms with van der Waals surface area (Å²) in [4.78, 5) is 2.32. The minimum absolute atomic E-state index is 0.251. The van der Waals surface area contributed by atoms with Crippen LogP contribution in [0.4, 0.5) is 10.1 Å². The lowest BCUT2D eigenvalue weighted by Crippen LogP contribution is -2.38. The van der Waals surface area contributed by atoms with Crippen LogP contribution in [0, 0.1) is 17.7 Å². The summed E-state index contributed by atoms with van der Waals surface area (Å²) in [5, 5.41) is 0. The van der Waals surface area contributed by atoms with Gasteiger partial charge >= 0.3 is 0 Å². The molecule has 1 aromatic carbocycles.